The molecule has 0 aliphatic heterocycles. The summed E-state index contributed by atoms with van der Waals surface area (Å²) >= 11 is 0. The third-order valence-electron chi connectivity index (χ3n) is 3.62. The maximum Gasteiger partial charge on any atom is 0.191 e. The van der Waals surface area contributed by atoms with E-state index in [-0.39, 0.29) is 0 Å². The molecule has 2 N–H and O–H groups in total. The molecule has 0 amide bonds. The van der Waals surface area contributed by atoms with E-state index in [9.17, 15) is 0 Å². The van der Waals surface area contributed by atoms with Crippen LogP contribution in [0.2, 0.25) is 0 Å². The molecule has 1 atom stereocenters. The Morgan fingerprint density at radius 2 is 2.00 bits per heavy atom. The fourth-order valence-corrected chi connectivity index (χ4v) is 2.11. The fourth-order valence-electron chi connectivity index (χ4n) is 2.11. The number of nitrogens with one attached hydrogen (secondary N) is 2. The maximum atomic E-state index is 5.34. The molecule has 1 heterocycles. The first-order valence-corrected chi connectivity index (χ1v) is 8.71. The third kappa shape index (κ3) is 8.05. The van der Waals surface area contributed by atoms with Gasteiger partial charge in [0.2, 0.25) is 0 Å². The van der Waals surface area contributed by atoms with Crippen LogP contribution in [0.15, 0.2) is 15.6 Å². The number of aliphatic imine (C=N–C) groups is 1. The molecule has 0 aliphatic rings. The van der Waals surface area contributed by atoms with Crippen LogP contribution in [0.25, 0.3) is 0 Å². The largest absolute Gasteiger partial charge is 0.359 e. The zero-order valence-corrected chi connectivity index (χ0v) is 15.9. The van der Waals surface area contributed by atoms with Crippen LogP contribution in [0.1, 0.15) is 78.7 Å². The minimum Gasteiger partial charge on any atom is -0.359 e. The molecule has 0 aliphatic carbocycles. The van der Waals surface area contributed by atoms with E-state index in [1.807, 2.05) is 6.07 Å². The van der Waals surface area contributed by atoms with Gasteiger partial charge in [-0.3, -0.25) is 0 Å². The molecule has 5 heteroatoms. The summed E-state index contributed by atoms with van der Waals surface area (Å²) in [6.07, 6.45) is 2.30. The van der Waals surface area contributed by atoms with E-state index in [1.54, 1.807) is 0 Å². The molecule has 0 aromatic carbocycles. The molecule has 0 fully saturated rings. The molecule has 132 valence electrons. The van der Waals surface area contributed by atoms with Crippen molar-refractivity contribution in [2.45, 2.75) is 79.8 Å². The summed E-state index contributed by atoms with van der Waals surface area (Å²) < 4.78 is 5.34. The van der Waals surface area contributed by atoms with Gasteiger partial charge in [0.25, 0.3) is 0 Å². The number of guanidine groups is 1. The van der Waals surface area contributed by atoms with Crippen molar-refractivity contribution in [2.24, 2.45) is 10.4 Å². The minimum atomic E-state index is 0.360. The molecule has 1 unspecified atom stereocenters. The van der Waals surface area contributed by atoms with Crippen molar-refractivity contribution in [3.05, 3.63) is 17.5 Å². The van der Waals surface area contributed by atoms with E-state index in [1.165, 1.54) is 6.42 Å². The molecule has 5 nitrogen and oxygen atoms in total. The molecule has 1 aromatic rings. The lowest BCUT2D eigenvalue weighted by Crippen LogP contribution is -2.42. The van der Waals surface area contributed by atoms with Gasteiger partial charge in [-0.15, -0.1) is 0 Å². The third-order valence-corrected chi connectivity index (χ3v) is 3.62. The lowest BCUT2D eigenvalue weighted by Gasteiger charge is -2.23. The van der Waals surface area contributed by atoms with Crippen molar-refractivity contribution in [2.75, 3.05) is 6.54 Å². The summed E-state index contributed by atoms with van der Waals surface area (Å²) in [6.45, 7) is 16.6. The SMILES string of the molecule is CCNC(=NCc1cc(C(C)C)no1)NC(C)CCC(C)(C)C. The summed E-state index contributed by atoms with van der Waals surface area (Å²) in [7, 11) is 0. The van der Waals surface area contributed by atoms with Crippen LogP contribution in [-0.2, 0) is 6.54 Å². The molecule has 0 saturated heterocycles. The highest BCUT2D eigenvalue weighted by molar-refractivity contribution is 5.79. The highest BCUT2D eigenvalue weighted by Gasteiger charge is 2.13. The molecule has 0 radical (unpaired) electrons. The number of aromatic nitrogens is 1. The predicted octanol–water partition coefficient (Wildman–Crippen LogP) is 4.07. The molecule has 0 saturated carbocycles. The van der Waals surface area contributed by atoms with Gasteiger partial charge in [0, 0.05) is 18.7 Å². The Balaban J connectivity index is 2.58. The number of nitrogens with zero attached hydrogens (tertiary/aromatic N) is 2. The molecule has 0 bridgehead atoms. The zero-order chi connectivity index (χ0) is 17.5. The van der Waals surface area contributed by atoms with Gasteiger partial charge in [-0.05, 0) is 38.0 Å². The molecule has 0 spiro atoms. The number of hydrogen-bond donors (Lipinski definition) is 2. The van der Waals surface area contributed by atoms with Gasteiger partial charge in [-0.25, -0.2) is 4.99 Å². The summed E-state index contributed by atoms with van der Waals surface area (Å²) in [4.78, 5) is 4.60. The monoisotopic (exact) mass is 322 g/mol. The quantitative estimate of drug-likeness (QED) is 0.587. The van der Waals surface area contributed by atoms with E-state index in [0.29, 0.717) is 23.9 Å². The molecule has 1 aromatic heterocycles. The highest BCUT2D eigenvalue weighted by Crippen LogP contribution is 2.21. The normalized spacial score (nSPS) is 14.2. The van der Waals surface area contributed by atoms with Crippen LogP contribution in [-0.4, -0.2) is 23.7 Å². The standard InChI is InChI=1S/C18H34N4O/c1-8-19-17(21-14(4)9-10-18(5,6)7)20-12-15-11-16(13(2)3)22-23-15/h11,13-14H,8-10,12H2,1-7H3,(H2,19,20,21). The lowest BCUT2D eigenvalue weighted by molar-refractivity contribution is 0.346. The zero-order valence-electron chi connectivity index (χ0n) is 15.9. The van der Waals surface area contributed by atoms with Crippen molar-refractivity contribution < 1.29 is 4.52 Å². The second kappa shape index (κ2) is 8.94. The van der Waals surface area contributed by atoms with Gasteiger partial charge in [0.1, 0.15) is 6.54 Å². The summed E-state index contributed by atoms with van der Waals surface area (Å²) in [6, 6.07) is 2.37. The Labute approximate surface area is 141 Å². The first-order valence-electron chi connectivity index (χ1n) is 8.71. The van der Waals surface area contributed by atoms with Crippen LogP contribution in [0.3, 0.4) is 0 Å². The molecular formula is C18H34N4O. The van der Waals surface area contributed by atoms with E-state index in [0.717, 1.165) is 30.4 Å². The highest BCUT2D eigenvalue weighted by atomic mass is 16.5. The second-order valence-electron chi connectivity index (χ2n) is 7.71. The predicted molar refractivity (Wildman–Crippen MR) is 96.7 cm³/mol. The molecular weight excluding hydrogens is 288 g/mol. The molecule has 23 heavy (non-hydrogen) atoms. The van der Waals surface area contributed by atoms with Crippen LogP contribution >= 0.6 is 0 Å². The van der Waals surface area contributed by atoms with E-state index in [4.69, 9.17) is 4.52 Å². The average Bonchev–Trinajstić information content (AvgIpc) is 2.91. The van der Waals surface area contributed by atoms with E-state index < -0.39 is 0 Å². The van der Waals surface area contributed by atoms with Gasteiger partial charge >= 0.3 is 0 Å². The van der Waals surface area contributed by atoms with Crippen molar-refractivity contribution in [3.63, 3.8) is 0 Å². The van der Waals surface area contributed by atoms with Crippen molar-refractivity contribution in [3.8, 4) is 0 Å². The second-order valence-corrected chi connectivity index (χ2v) is 7.71. The van der Waals surface area contributed by atoms with Crippen LogP contribution in [0.5, 0.6) is 0 Å². The van der Waals surface area contributed by atoms with Crippen LogP contribution < -0.4 is 10.6 Å². The minimum absolute atomic E-state index is 0.360. The number of rotatable bonds is 7. The Hall–Kier alpha value is -1.52. The Bertz CT molecular complexity index is 485. The van der Waals surface area contributed by atoms with Gasteiger partial charge in [-0.2, -0.15) is 0 Å². The van der Waals surface area contributed by atoms with E-state index >= 15 is 0 Å². The first-order chi connectivity index (χ1) is 10.7. The molecule has 1 rings (SSSR count). The summed E-state index contributed by atoms with van der Waals surface area (Å²) in [5.74, 6) is 2.00. The number of hydrogen-bond acceptors (Lipinski definition) is 3. The Kier molecular flexibility index (Phi) is 7.59. The Morgan fingerprint density at radius 3 is 2.52 bits per heavy atom. The average molecular weight is 322 g/mol. The van der Waals surface area contributed by atoms with Gasteiger partial charge in [0.05, 0.1) is 5.69 Å². The van der Waals surface area contributed by atoms with Crippen LogP contribution in [0, 0.1) is 5.41 Å². The fraction of sp³-hybridized carbons (Fsp3) is 0.778. The van der Waals surface area contributed by atoms with Crippen molar-refractivity contribution in [1.82, 2.24) is 15.8 Å². The van der Waals surface area contributed by atoms with Gasteiger partial charge in [0.15, 0.2) is 11.7 Å². The van der Waals surface area contributed by atoms with Gasteiger partial charge in [-0.1, -0.05) is 39.8 Å². The topological polar surface area (TPSA) is 62.5 Å². The summed E-state index contributed by atoms with van der Waals surface area (Å²) in [5, 5.41) is 10.8. The van der Waals surface area contributed by atoms with Crippen LogP contribution in [0.4, 0.5) is 0 Å². The van der Waals surface area contributed by atoms with Crippen molar-refractivity contribution >= 4 is 5.96 Å². The lowest BCUT2D eigenvalue weighted by atomic mass is 9.89. The van der Waals surface area contributed by atoms with Crippen molar-refractivity contribution in [1.29, 1.82) is 0 Å². The summed E-state index contributed by atoms with van der Waals surface area (Å²) in [5.41, 5.74) is 1.34. The maximum absolute atomic E-state index is 5.34. The Morgan fingerprint density at radius 1 is 1.30 bits per heavy atom. The smallest absolute Gasteiger partial charge is 0.191 e. The first kappa shape index (κ1) is 19.5. The van der Waals surface area contributed by atoms with E-state index in [2.05, 4.69) is 69.2 Å². The van der Waals surface area contributed by atoms with Gasteiger partial charge < -0.3 is 15.2 Å².